The van der Waals surface area contributed by atoms with Crippen LogP contribution < -0.4 is 10.2 Å². The minimum absolute atomic E-state index is 0.0859. The van der Waals surface area contributed by atoms with Crippen LogP contribution >= 0.6 is 0 Å². The van der Waals surface area contributed by atoms with Gasteiger partial charge in [-0.05, 0) is 56.2 Å². The van der Waals surface area contributed by atoms with Gasteiger partial charge in [0.05, 0.1) is 6.21 Å². The highest BCUT2D eigenvalue weighted by atomic mass is 16.5. The summed E-state index contributed by atoms with van der Waals surface area (Å²) in [4.78, 5) is 11.6. The van der Waals surface area contributed by atoms with Gasteiger partial charge in [0, 0.05) is 0 Å². The summed E-state index contributed by atoms with van der Waals surface area (Å²) in [5.41, 5.74) is 4.57. The summed E-state index contributed by atoms with van der Waals surface area (Å²) in [6.07, 6.45) is 1.45. The van der Waals surface area contributed by atoms with Gasteiger partial charge in [0.2, 0.25) is 0 Å². The van der Waals surface area contributed by atoms with Gasteiger partial charge in [-0.2, -0.15) is 5.10 Å². The van der Waals surface area contributed by atoms with Gasteiger partial charge in [-0.25, -0.2) is 5.43 Å². The fraction of sp³-hybridized carbons (Fsp3) is 0.250. The molecule has 110 valence electrons. The quantitative estimate of drug-likeness (QED) is 0.679. The van der Waals surface area contributed by atoms with Crippen molar-refractivity contribution in [2.45, 2.75) is 20.8 Å². The average molecular weight is 286 g/mol. The Morgan fingerprint density at radius 3 is 2.57 bits per heavy atom. The third-order valence-corrected chi connectivity index (χ3v) is 2.71. The number of aryl methyl sites for hydroxylation is 3. The van der Waals surface area contributed by atoms with Gasteiger partial charge in [-0.3, -0.25) is 4.79 Å². The van der Waals surface area contributed by atoms with Crippen LogP contribution in [0.3, 0.4) is 0 Å². The number of hydrogen-bond donors (Lipinski definition) is 1. The van der Waals surface area contributed by atoms with Crippen molar-refractivity contribution >= 4 is 12.1 Å². The van der Waals surface area contributed by atoms with E-state index < -0.39 is 0 Å². The van der Waals surface area contributed by atoms with Crippen molar-refractivity contribution in [2.24, 2.45) is 5.10 Å². The van der Waals surface area contributed by atoms with Crippen molar-refractivity contribution in [1.29, 1.82) is 0 Å². The number of amides is 1. The number of hydrazone groups is 1. The zero-order valence-electron chi connectivity index (χ0n) is 12.3. The van der Waals surface area contributed by atoms with Gasteiger partial charge in [0.1, 0.15) is 17.3 Å². The highest BCUT2D eigenvalue weighted by Gasteiger charge is 2.02. The molecule has 1 amide bonds. The molecule has 5 nitrogen and oxygen atoms in total. The number of benzene rings is 1. The molecule has 0 radical (unpaired) electrons. The third-order valence-electron chi connectivity index (χ3n) is 2.71. The Morgan fingerprint density at radius 2 is 1.95 bits per heavy atom. The van der Waals surface area contributed by atoms with E-state index in [0.29, 0.717) is 11.5 Å². The number of nitrogens with zero attached hydrogens (tertiary/aromatic N) is 1. The second-order valence-corrected chi connectivity index (χ2v) is 4.85. The summed E-state index contributed by atoms with van der Waals surface area (Å²) in [6.45, 7) is 5.72. The fourth-order valence-corrected chi connectivity index (χ4v) is 1.89. The van der Waals surface area contributed by atoms with E-state index in [2.05, 4.69) is 10.5 Å². The van der Waals surface area contributed by atoms with E-state index in [9.17, 15) is 4.79 Å². The summed E-state index contributed by atoms with van der Waals surface area (Å²) in [6, 6.07) is 9.41. The van der Waals surface area contributed by atoms with Crippen LogP contribution in [-0.4, -0.2) is 18.7 Å². The molecule has 2 aromatic rings. The molecule has 1 heterocycles. The van der Waals surface area contributed by atoms with Gasteiger partial charge in [0.25, 0.3) is 5.91 Å². The molecule has 1 aromatic heterocycles. The van der Waals surface area contributed by atoms with E-state index in [0.717, 1.165) is 16.9 Å². The Labute approximate surface area is 123 Å². The summed E-state index contributed by atoms with van der Waals surface area (Å²) >= 11 is 0. The predicted octanol–water partition coefficient (Wildman–Crippen LogP) is 2.73. The third kappa shape index (κ3) is 4.80. The molecule has 0 spiro atoms. The lowest BCUT2D eigenvalue weighted by Gasteiger charge is -2.07. The molecular weight excluding hydrogens is 268 g/mol. The normalized spacial score (nSPS) is 10.8. The molecule has 0 saturated heterocycles. The van der Waals surface area contributed by atoms with Gasteiger partial charge in [0.15, 0.2) is 6.61 Å². The van der Waals surface area contributed by atoms with Crippen molar-refractivity contribution in [1.82, 2.24) is 5.43 Å². The molecule has 2 rings (SSSR count). The van der Waals surface area contributed by atoms with Crippen LogP contribution in [0.25, 0.3) is 0 Å². The number of nitrogens with one attached hydrogen (secondary N) is 1. The number of hydrogen-bond acceptors (Lipinski definition) is 4. The molecule has 0 aliphatic heterocycles. The van der Waals surface area contributed by atoms with Gasteiger partial charge in [-0.1, -0.05) is 6.07 Å². The van der Waals surface area contributed by atoms with Crippen molar-refractivity contribution in [2.75, 3.05) is 6.61 Å². The number of rotatable bonds is 5. The maximum absolute atomic E-state index is 11.6. The van der Waals surface area contributed by atoms with Crippen molar-refractivity contribution in [3.63, 3.8) is 0 Å². The van der Waals surface area contributed by atoms with Crippen molar-refractivity contribution in [3.05, 3.63) is 53.0 Å². The number of carbonyl (C=O) groups is 1. The van der Waals surface area contributed by atoms with Gasteiger partial charge < -0.3 is 9.15 Å². The van der Waals surface area contributed by atoms with Gasteiger partial charge in [-0.15, -0.1) is 0 Å². The molecule has 0 fully saturated rings. The Morgan fingerprint density at radius 1 is 1.24 bits per heavy atom. The van der Waals surface area contributed by atoms with E-state index in [1.54, 1.807) is 6.07 Å². The maximum atomic E-state index is 11.6. The van der Waals surface area contributed by atoms with Gasteiger partial charge >= 0.3 is 0 Å². The largest absolute Gasteiger partial charge is 0.484 e. The Balaban J connectivity index is 1.80. The summed E-state index contributed by atoms with van der Waals surface area (Å²) in [7, 11) is 0. The topological polar surface area (TPSA) is 63.8 Å². The first-order chi connectivity index (χ1) is 10.0. The number of carbonyl (C=O) groups excluding carboxylic acids is 1. The van der Waals surface area contributed by atoms with E-state index in [1.807, 2.05) is 45.0 Å². The first kappa shape index (κ1) is 14.8. The second-order valence-electron chi connectivity index (χ2n) is 4.85. The zero-order valence-corrected chi connectivity index (χ0v) is 12.3. The zero-order chi connectivity index (χ0) is 15.2. The molecule has 21 heavy (non-hydrogen) atoms. The Kier molecular flexibility index (Phi) is 4.77. The van der Waals surface area contributed by atoms with Crippen LogP contribution in [0.15, 0.2) is 39.9 Å². The van der Waals surface area contributed by atoms with Crippen LogP contribution in [0.2, 0.25) is 0 Å². The van der Waals surface area contributed by atoms with Crippen LogP contribution in [0, 0.1) is 20.8 Å². The SMILES string of the molecule is Cc1cc(C)cc(OCC(=O)NN=Cc2ccc(C)o2)c1. The van der Waals surface area contributed by atoms with Crippen molar-refractivity contribution in [3.8, 4) is 5.75 Å². The molecule has 0 aliphatic rings. The molecule has 0 saturated carbocycles. The smallest absolute Gasteiger partial charge is 0.277 e. The van der Waals surface area contributed by atoms with E-state index >= 15 is 0 Å². The predicted molar refractivity (Wildman–Crippen MR) is 80.6 cm³/mol. The van der Waals surface area contributed by atoms with Crippen LogP contribution in [-0.2, 0) is 4.79 Å². The van der Waals surface area contributed by atoms with E-state index in [1.165, 1.54) is 6.21 Å². The lowest BCUT2D eigenvalue weighted by atomic mass is 10.1. The molecule has 0 unspecified atom stereocenters. The molecule has 1 N–H and O–H groups in total. The summed E-state index contributed by atoms with van der Waals surface area (Å²) in [5, 5.41) is 3.80. The molecule has 0 atom stereocenters. The number of ether oxygens (including phenoxy) is 1. The molecule has 0 bridgehead atoms. The minimum Gasteiger partial charge on any atom is -0.484 e. The molecule has 5 heteroatoms. The monoisotopic (exact) mass is 286 g/mol. The highest BCUT2D eigenvalue weighted by molar-refractivity contribution is 5.81. The van der Waals surface area contributed by atoms with Crippen LogP contribution in [0.5, 0.6) is 5.75 Å². The molecule has 1 aromatic carbocycles. The van der Waals surface area contributed by atoms with Crippen LogP contribution in [0.1, 0.15) is 22.6 Å². The first-order valence-corrected chi connectivity index (χ1v) is 6.62. The molecule has 0 aliphatic carbocycles. The second kappa shape index (κ2) is 6.74. The fourth-order valence-electron chi connectivity index (χ4n) is 1.89. The minimum atomic E-state index is -0.325. The van der Waals surface area contributed by atoms with Crippen molar-refractivity contribution < 1.29 is 13.9 Å². The van der Waals surface area contributed by atoms with Crippen LogP contribution in [0.4, 0.5) is 0 Å². The summed E-state index contributed by atoms with van der Waals surface area (Å²) < 4.78 is 10.7. The maximum Gasteiger partial charge on any atom is 0.277 e. The summed E-state index contributed by atoms with van der Waals surface area (Å²) in [5.74, 6) is 1.73. The lowest BCUT2D eigenvalue weighted by Crippen LogP contribution is -2.24. The lowest BCUT2D eigenvalue weighted by molar-refractivity contribution is -0.123. The van der Waals surface area contributed by atoms with E-state index in [4.69, 9.17) is 9.15 Å². The Hall–Kier alpha value is -2.56. The standard InChI is InChI=1S/C16H18N2O3/c1-11-6-12(2)8-15(7-11)20-10-16(19)18-17-9-14-5-4-13(3)21-14/h4-9H,10H2,1-3H3,(H,18,19). The first-order valence-electron chi connectivity index (χ1n) is 6.62. The number of furan rings is 1. The average Bonchev–Trinajstić information content (AvgIpc) is 2.81. The molecular formula is C16H18N2O3. The highest BCUT2D eigenvalue weighted by Crippen LogP contribution is 2.15. The van der Waals surface area contributed by atoms with E-state index in [-0.39, 0.29) is 12.5 Å². The Bertz CT molecular complexity index is 639.